The van der Waals surface area contributed by atoms with E-state index in [1.54, 1.807) is 0 Å². The maximum atomic E-state index is 2.62. The molecule has 52 heavy (non-hydrogen) atoms. The third kappa shape index (κ3) is 2.77. The molecule has 0 unspecified atom stereocenters. The molecule has 0 fully saturated rings. The first kappa shape index (κ1) is 27.5. The average molecular weight is 667 g/mol. The Bertz CT molecular complexity index is 3480. The summed E-state index contributed by atoms with van der Waals surface area (Å²) >= 11 is 0. The van der Waals surface area contributed by atoms with Gasteiger partial charge in [0.25, 0.3) is 0 Å². The molecule has 0 atom stereocenters. The van der Waals surface area contributed by atoms with Crippen LogP contribution in [0.1, 0.15) is 25.0 Å². The molecule has 0 spiro atoms. The highest BCUT2D eigenvalue weighted by atomic mass is 15.0. The number of aromatic nitrogens is 4. The number of aryl methyl sites for hydroxylation is 4. The van der Waals surface area contributed by atoms with Crippen molar-refractivity contribution in [2.24, 2.45) is 0 Å². The molecule has 0 bridgehead atoms. The molecule has 4 nitrogen and oxygen atoms in total. The molecule has 0 amide bonds. The van der Waals surface area contributed by atoms with E-state index in [1.165, 1.54) is 131 Å². The summed E-state index contributed by atoms with van der Waals surface area (Å²) in [4.78, 5) is 0. The molecule has 0 saturated carbocycles. The van der Waals surface area contributed by atoms with Gasteiger partial charge in [-0.2, -0.15) is 0 Å². The number of nitrogens with zero attached hydrogens (tertiary/aromatic N) is 4. The smallest absolute Gasteiger partial charge is 0.0621 e. The van der Waals surface area contributed by atoms with Gasteiger partial charge in [-0.3, -0.25) is 0 Å². The van der Waals surface area contributed by atoms with Crippen molar-refractivity contribution in [1.29, 1.82) is 0 Å². The second kappa shape index (κ2) is 8.96. The van der Waals surface area contributed by atoms with Crippen molar-refractivity contribution < 1.29 is 0 Å². The minimum absolute atomic E-state index is 0.930. The molecule has 0 saturated heterocycles. The van der Waals surface area contributed by atoms with Gasteiger partial charge in [-0.15, -0.1) is 0 Å². The summed E-state index contributed by atoms with van der Waals surface area (Å²) in [6.45, 7) is 11.2. The Morgan fingerprint density at radius 2 is 0.712 bits per heavy atom. The summed E-state index contributed by atoms with van der Waals surface area (Å²) in [5, 5.41) is 16.2. The molecule has 246 valence electrons. The molecule has 6 heterocycles. The zero-order chi connectivity index (χ0) is 34.3. The molecule has 0 aliphatic heterocycles. The summed E-state index contributed by atoms with van der Waals surface area (Å²) in [7, 11) is 0. The summed E-state index contributed by atoms with van der Waals surface area (Å²) in [6, 6.07) is 41.3. The van der Waals surface area contributed by atoms with E-state index in [4.69, 9.17) is 0 Å². The Hall–Kier alpha value is -6.26. The number of benzene rings is 7. The van der Waals surface area contributed by atoms with E-state index >= 15 is 0 Å². The SMILES string of the molecule is CCn1c2ccccc2c2ccc3c(c4cccc5c6c(C)c7c(c(C)c6n3c54)c3cccc4c5c6c(ccc5n7c34)c3ccccc3n6CC)c21. The summed E-state index contributed by atoms with van der Waals surface area (Å²) in [6.07, 6.45) is 0. The first-order chi connectivity index (χ1) is 25.6. The Morgan fingerprint density at radius 3 is 1.13 bits per heavy atom. The molecule has 13 aromatic rings. The van der Waals surface area contributed by atoms with Crippen LogP contribution in [0.4, 0.5) is 0 Å². The molecule has 7 aromatic carbocycles. The van der Waals surface area contributed by atoms with Gasteiger partial charge in [0.05, 0.1) is 44.1 Å². The number of fused-ring (bicyclic) bond motifs is 20. The van der Waals surface area contributed by atoms with Crippen molar-refractivity contribution in [2.75, 3.05) is 0 Å². The maximum absolute atomic E-state index is 2.62. The second-order valence-electron chi connectivity index (χ2n) is 15.0. The van der Waals surface area contributed by atoms with E-state index in [0.29, 0.717) is 0 Å². The van der Waals surface area contributed by atoms with Crippen LogP contribution in [0, 0.1) is 13.8 Å². The van der Waals surface area contributed by atoms with Gasteiger partial charge in [-0.25, -0.2) is 0 Å². The molecule has 0 aliphatic rings. The van der Waals surface area contributed by atoms with Crippen LogP contribution >= 0.6 is 0 Å². The Morgan fingerprint density at radius 1 is 0.327 bits per heavy atom. The predicted molar refractivity (Wildman–Crippen MR) is 223 cm³/mol. The van der Waals surface area contributed by atoms with Gasteiger partial charge in [0, 0.05) is 88.8 Å². The Balaban J connectivity index is 1.26. The summed E-state index contributed by atoms with van der Waals surface area (Å²) in [5.41, 5.74) is 16.0. The third-order valence-corrected chi connectivity index (χ3v) is 12.9. The van der Waals surface area contributed by atoms with Crippen molar-refractivity contribution in [1.82, 2.24) is 17.9 Å². The predicted octanol–water partition coefficient (Wildman–Crippen LogP) is 12.9. The second-order valence-corrected chi connectivity index (χ2v) is 15.0. The monoisotopic (exact) mass is 666 g/mol. The van der Waals surface area contributed by atoms with Gasteiger partial charge in [0.2, 0.25) is 0 Å². The molecular formula is C48H34N4. The Kier molecular flexibility index (Phi) is 4.73. The van der Waals surface area contributed by atoms with Crippen LogP contribution in [0.3, 0.4) is 0 Å². The van der Waals surface area contributed by atoms with Gasteiger partial charge < -0.3 is 17.9 Å². The van der Waals surface area contributed by atoms with Crippen molar-refractivity contribution in [3.05, 3.63) is 120 Å². The highest BCUT2D eigenvalue weighted by molar-refractivity contribution is 6.35. The van der Waals surface area contributed by atoms with Gasteiger partial charge in [-0.1, -0.05) is 84.9 Å². The van der Waals surface area contributed by atoms with E-state index in [2.05, 4.69) is 155 Å². The lowest BCUT2D eigenvalue weighted by molar-refractivity contribution is 0.829. The number of para-hydroxylation sites is 4. The minimum atomic E-state index is 0.930. The van der Waals surface area contributed by atoms with Crippen LogP contribution < -0.4 is 0 Å². The van der Waals surface area contributed by atoms with Crippen LogP contribution in [0.2, 0.25) is 0 Å². The minimum Gasteiger partial charge on any atom is -0.340 e. The van der Waals surface area contributed by atoms with Gasteiger partial charge in [0.15, 0.2) is 0 Å². The third-order valence-electron chi connectivity index (χ3n) is 12.9. The van der Waals surface area contributed by atoms with Crippen LogP contribution in [0.25, 0.3) is 120 Å². The van der Waals surface area contributed by atoms with Gasteiger partial charge >= 0.3 is 0 Å². The molecule has 4 heteroatoms. The zero-order valence-corrected chi connectivity index (χ0v) is 29.6. The van der Waals surface area contributed by atoms with Crippen molar-refractivity contribution >= 4 is 120 Å². The van der Waals surface area contributed by atoms with Crippen molar-refractivity contribution in [2.45, 2.75) is 40.8 Å². The fourth-order valence-corrected chi connectivity index (χ4v) is 11.1. The highest BCUT2D eigenvalue weighted by Gasteiger charge is 2.28. The van der Waals surface area contributed by atoms with Crippen LogP contribution in [-0.4, -0.2) is 17.9 Å². The largest absolute Gasteiger partial charge is 0.340 e. The lowest BCUT2D eigenvalue weighted by Gasteiger charge is -2.11. The first-order valence-electron chi connectivity index (χ1n) is 18.7. The maximum Gasteiger partial charge on any atom is 0.0621 e. The normalized spacial score (nSPS) is 13.2. The molecule has 0 aliphatic carbocycles. The standard InChI is InChI=1S/C48H34N4/c1-5-49-35-19-9-7-13-27(35)29-21-23-37-41(47(29)49)33-17-11-15-31-39-26(4)44-40(25(3)43(39)51(37)45(31)33)32-16-12-18-34-42-38(52(44)46(32)34)24-22-30-28-14-8-10-20-36(28)50(6-2)48(30)42/h7-24H,5-6H2,1-4H3. The van der Waals surface area contributed by atoms with Gasteiger partial charge in [0.1, 0.15) is 0 Å². The molecule has 0 N–H and O–H groups in total. The number of rotatable bonds is 2. The lowest BCUT2D eigenvalue weighted by atomic mass is 9.96. The van der Waals surface area contributed by atoms with Crippen LogP contribution in [-0.2, 0) is 13.1 Å². The van der Waals surface area contributed by atoms with E-state index in [1.807, 2.05) is 0 Å². The number of hydrogen-bond acceptors (Lipinski definition) is 0. The van der Waals surface area contributed by atoms with Crippen molar-refractivity contribution in [3.8, 4) is 0 Å². The van der Waals surface area contributed by atoms with E-state index in [-0.39, 0.29) is 0 Å². The highest BCUT2D eigenvalue weighted by Crippen LogP contribution is 2.50. The van der Waals surface area contributed by atoms with Crippen LogP contribution in [0.5, 0.6) is 0 Å². The topological polar surface area (TPSA) is 18.7 Å². The number of hydrogen-bond donors (Lipinski definition) is 0. The van der Waals surface area contributed by atoms with E-state index in [9.17, 15) is 0 Å². The fraction of sp³-hybridized carbons (Fsp3) is 0.125. The summed E-state index contributed by atoms with van der Waals surface area (Å²) < 4.78 is 10.3. The lowest BCUT2D eigenvalue weighted by Crippen LogP contribution is -1.94. The van der Waals surface area contributed by atoms with E-state index < -0.39 is 0 Å². The molecule has 0 radical (unpaired) electrons. The van der Waals surface area contributed by atoms with Gasteiger partial charge in [-0.05, 0) is 63.1 Å². The first-order valence-corrected chi connectivity index (χ1v) is 18.7. The Labute approximate surface area is 297 Å². The van der Waals surface area contributed by atoms with Crippen molar-refractivity contribution in [3.63, 3.8) is 0 Å². The summed E-state index contributed by atoms with van der Waals surface area (Å²) in [5.74, 6) is 0. The van der Waals surface area contributed by atoms with E-state index in [0.717, 1.165) is 13.1 Å². The average Bonchev–Trinajstić information content (AvgIpc) is 4.01. The zero-order valence-electron chi connectivity index (χ0n) is 29.6. The molecular weight excluding hydrogens is 633 g/mol. The van der Waals surface area contributed by atoms with Crippen LogP contribution in [0.15, 0.2) is 109 Å². The molecule has 13 rings (SSSR count). The fourth-order valence-electron chi connectivity index (χ4n) is 11.1. The molecule has 6 aromatic heterocycles. The quantitative estimate of drug-likeness (QED) is 0.175.